The van der Waals surface area contributed by atoms with Crippen molar-refractivity contribution in [1.82, 2.24) is 10.2 Å². The Morgan fingerprint density at radius 2 is 2.08 bits per heavy atom. The molecule has 0 aliphatic carbocycles. The third-order valence-electron chi connectivity index (χ3n) is 1.75. The second kappa shape index (κ2) is 2.82. The summed E-state index contributed by atoms with van der Waals surface area (Å²) in [4.78, 5) is 0. The lowest BCUT2D eigenvalue weighted by Gasteiger charge is -1.98. The van der Waals surface area contributed by atoms with Crippen LogP contribution in [0.2, 0.25) is 0 Å². The summed E-state index contributed by atoms with van der Waals surface area (Å²) in [5.74, 6) is 0.233. The van der Waals surface area contributed by atoms with E-state index >= 15 is 0 Å². The molecule has 0 fully saturated rings. The van der Waals surface area contributed by atoms with Gasteiger partial charge in [0.15, 0.2) is 5.75 Å². The fourth-order valence-electron chi connectivity index (χ4n) is 1.15. The lowest BCUT2D eigenvalue weighted by molar-refractivity contribution is 0.474. The molecule has 2 rings (SSSR count). The summed E-state index contributed by atoms with van der Waals surface area (Å²) in [5, 5.41) is 24.8. The monoisotopic (exact) mass is 176 g/mol. The van der Waals surface area contributed by atoms with Crippen LogP contribution in [0.1, 0.15) is 0 Å². The Hall–Kier alpha value is -1.97. The fraction of sp³-hybridized carbons (Fsp3) is 0. The van der Waals surface area contributed by atoms with Crippen LogP contribution >= 0.6 is 0 Å². The number of benzene rings is 1. The number of nitrogens with zero attached hydrogens (tertiary/aromatic N) is 1. The summed E-state index contributed by atoms with van der Waals surface area (Å²) in [6, 6.07) is 6.59. The zero-order valence-corrected chi connectivity index (χ0v) is 6.73. The van der Waals surface area contributed by atoms with Gasteiger partial charge >= 0.3 is 0 Å². The molecule has 0 saturated heterocycles. The predicted molar refractivity (Wildman–Crippen MR) is 47.4 cm³/mol. The number of nitrogens with one attached hydrogen (secondary N) is 1. The number of phenolic OH excluding ortho intramolecular Hbond substituents is 1. The van der Waals surface area contributed by atoms with E-state index in [4.69, 9.17) is 0 Å². The Kier molecular flexibility index (Phi) is 1.66. The van der Waals surface area contributed by atoms with Gasteiger partial charge in [-0.25, -0.2) is 0 Å². The van der Waals surface area contributed by atoms with Crippen LogP contribution < -0.4 is 0 Å². The molecule has 0 spiro atoms. The second-order valence-electron chi connectivity index (χ2n) is 2.68. The number of hydrogen-bond donors (Lipinski definition) is 3. The number of hydrogen-bond acceptors (Lipinski definition) is 3. The van der Waals surface area contributed by atoms with E-state index in [9.17, 15) is 10.2 Å². The van der Waals surface area contributed by atoms with Crippen LogP contribution in [-0.2, 0) is 0 Å². The van der Waals surface area contributed by atoms with Crippen LogP contribution in [0.25, 0.3) is 11.3 Å². The number of aromatic nitrogens is 2. The topological polar surface area (TPSA) is 69.1 Å². The van der Waals surface area contributed by atoms with Crippen molar-refractivity contribution in [2.24, 2.45) is 0 Å². The summed E-state index contributed by atoms with van der Waals surface area (Å²) in [6.07, 6.45) is 1.32. The largest absolute Gasteiger partial charge is 0.508 e. The normalized spacial score (nSPS) is 10.2. The summed E-state index contributed by atoms with van der Waals surface area (Å²) in [5.41, 5.74) is 1.21. The quantitative estimate of drug-likeness (QED) is 0.616. The molecule has 66 valence electrons. The van der Waals surface area contributed by atoms with E-state index in [0.717, 1.165) is 0 Å². The molecule has 0 unspecified atom stereocenters. The summed E-state index contributed by atoms with van der Waals surface area (Å²) in [7, 11) is 0. The molecular formula is C9H8N2O2. The first kappa shape index (κ1) is 7.67. The predicted octanol–water partition coefficient (Wildman–Crippen LogP) is 1.49. The first-order valence-electron chi connectivity index (χ1n) is 3.79. The number of phenols is 1. The minimum Gasteiger partial charge on any atom is -0.508 e. The molecule has 4 nitrogen and oxygen atoms in total. The van der Waals surface area contributed by atoms with Crippen molar-refractivity contribution in [1.29, 1.82) is 0 Å². The maximum Gasteiger partial charge on any atom is 0.161 e. The van der Waals surface area contributed by atoms with Crippen molar-refractivity contribution >= 4 is 0 Å². The lowest BCUT2D eigenvalue weighted by Crippen LogP contribution is -1.77. The van der Waals surface area contributed by atoms with E-state index in [2.05, 4.69) is 10.2 Å². The number of aromatic hydroxyl groups is 2. The van der Waals surface area contributed by atoms with Crippen molar-refractivity contribution in [3.63, 3.8) is 0 Å². The van der Waals surface area contributed by atoms with Crippen LogP contribution in [0.4, 0.5) is 0 Å². The Bertz CT molecular complexity index is 423. The molecule has 0 amide bonds. The Labute approximate surface area is 74.5 Å². The maximum atomic E-state index is 9.32. The molecule has 0 bridgehead atoms. The van der Waals surface area contributed by atoms with Crippen molar-refractivity contribution in [3.05, 3.63) is 30.5 Å². The number of rotatable bonds is 1. The van der Waals surface area contributed by atoms with Crippen molar-refractivity contribution in [2.45, 2.75) is 0 Å². The molecule has 13 heavy (non-hydrogen) atoms. The molecule has 4 heteroatoms. The van der Waals surface area contributed by atoms with E-state index in [1.165, 1.54) is 6.20 Å². The van der Waals surface area contributed by atoms with Gasteiger partial charge in [-0.1, -0.05) is 12.1 Å². The molecule has 0 saturated carbocycles. The van der Waals surface area contributed by atoms with Gasteiger partial charge in [0.05, 0.1) is 6.20 Å². The number of H-pyrrole nitrogens is 1. The van der Waals surface area contributed by atoms with Gasteiger partial charge in [-0.3, -0.25) is 5.10 Å². The highest BCUT2D eigenvalue weighted by atomic mass is 16.3. The number of aromatic amines is 1. The standard InChI is InChI=1S/C9H8N2O2/c12-7-3-1-2-6(4-7)9-8(13)5-10-11-9/h1-5,12-13H,(H,10,11). The molecule has 0 aliphatic rings. The van der Waals surface area contributed by atoms with Gasteiger partial charge in [0.1, 0.15) is 11.4 Å². The third-order valence-corrected chi connectivity index (χ3v) is 1.75. The minimum atomic E-state index is 0.0746. The van der Waals surface area contributed by atoms with Gasteiger partial charge < -0.3 is 10.2 Å². The van der Waals surface area contributed by atoms with Crippen LogP contribution in [0.5, 0.6) is 11.5 Å². The fourth-order valence-corrected chi connectivity index (χ4v) is 1.15. The molecule has 0 aliphatic heterocycles. The zero-order chi connectivity index (χ0) is 9.26. The molecule has 3 N–H and O–H groups in total. The maximum absolute atomic E-state index is 9.32. The molecule has 2 aromatic rings. The Morgan fingerprint density at radius 3 is 2.69 bits per heavy atom. The van der Waals surface area contributed by atoms with E-state index in [0.29, 0.717) is 11.3 Å². The van der Waals surface area contributed by atoms with E-state index in [-0.39, 0.29) is 11.5 Å². The van der Waals surface area contributed by atoms with Crippen LogP contribution in [0, 0.1) is 0 Å². The lowest BCUT2D eigenvalue weighted by atomic mass is 10.1. The average molecular weight is 176 g/mol. The summed E-state index contributed by atoms with van der Waals surface area (Å²) in [6.45, 7) is 0. The average Bonchev–Trinajstić information content (AvgIpc) is 2.51. The van der Waals surface area contributed by atoms with E-state index in [1.807, 2.05) is 0 Å². The molecule has 1 aromatic heterocycles. The van der Waals surface area contributed by atoms with Gasteiger partial charge in [-0.15, -0.1) is 0 Å². The summed E-state index contributed by atoms with van der Waals surface area (Å²) >= 11 is 0. The smallest absolute Gasteiger partial charge is 0.161 e. The van der Waals surface area contributed by atoms with Gasteiger partial charge in [-0.05, 0) is 12.1 Å². The molecule has 1 aromatic carbocycles. The van der Waals surface area contributed by atoms with Crippen LogP contribution in [0.3, 0.4) is 0 Å². The van der Waals surface area contributed by atoms with Crippen molar-refractivity contribution < 1.29 is 10.2 Å². The SMILES string of the molecule is Oc1cccc(-c2[nH]ncc2O)c1. The molecular weight excluding hydrogens is 168 g/mol. The first-order chi connectivity index (χ1) is 6.27. The van der Waals surface area contributed by atoms with Crippen molar-refractivity contribution in [3.8, 4) is 22.8 Å². The first-order valence-corrected chi connectivity index (χ1v) is 3.79. The van der Waals surface area contributed by atoms with Crippen LogP contribution in [0.15, 0.2) is 30.5 Å². The third kappa shape index (κ3) is 1.33. The second-order valence-corrected chi connectivity index (χ2v) is 2.68. The van der Waals surface area contributed by atoms with Gasteiger partial charge in [-0.2, -0.15) is 5.10 Å². The van der Waals surface area contributed by atoms with Gasteiger partial charge in [0.25, 0.3) is 0 Å². The highest BCUT2D eigenvalue weighted by molar-refractivity contribution is 5.66. The van der Waals surface area contributed by atoms with E-state index in [1.54, 1.807) is 24.3 Å². The van der Waals surface area contributed by atoms with Crippen LogP contribution in [-0.4, -0.2) is 20.4 Å². The Balaban J connectivity index is 2.53. The molecule has 1 heterocycles. The highest BCUT2D eigenvalue weighted by Crippen LogP contribution is 2.27. The molecule has 0 atom stereocenters. The van der Waals surface area contributed by atoms with E-state index < -0.39 is 0 Å². The minimum absolute atomic E-state index is 0.0746. The van der Waals surface area contributed by atoms with Gasteiger partial charge in [0, 0.05) is 5.56 Å². The van der Waals surface area contributed by atoms with Crippen molar-refractivity contribution in [2.75, 3.05) is 0 Å². The van der Waals surface area contributed by atoms with Gasteiger partial charge in [0.2, 0.25) is 0 Å². The highest BCUT2D eigenvalue weighted by Gasteiger charge is 2.05. The Morgan fingerprint density at radius 1 is 1.23 bits per heavy atom. The zero-order valence-electron chi connectivity index (χ0n) is 6.73. The summed E-state index contributed by atoms with van der Waals surface area (Å²) < 4.78 is 0. The molecule has 0 radical (unpaired) electrons.